The highest BCUT2D eigenvalue weighted by atomic mass is 16.5. The lowest BCUT2D eigenvalue weighted by atomic mass is 9.83. The standard InChI is InChI=1S/C20H21NO2/c1-15(22)21-13-11-20(12-14-21)18-10-6-5-9-17(18)19(23-20)16-7-3-2-4-8-16/h2-10,19H,11-14H2,1H3/t19-/m0/s1. The van der Waals surface area contributed by atoms with E-state index in [2.05, 4.69) is 48.5 Å². The number of hydrogen-bond acceptors (Lipinski definition) is 2. The maximum atomic E-state index is 11.6. The molecule has 1 atom stereocenters. The van der Waals surface area contributed by atoms with Gasteiger partial charge in [-0.3, -0.25) is 4.79 Å². The summed E-state index contributed by atoms with van der Waals surface area (Å²) in [7, 11) is 0. The lowest BCUT2D eigenvalue weighted by molar-refractivity contribution is -0.138. The van der Waals surface area contributed by atoms with Crippen LogP contribution in [0.4, 0.5) is 0 Å². The number of ether oxygens (including phenoxy) is 1. The largest absolute Gasteiger partial charge is 0.357 e. The molecule has 2 aliphatic heterocycles. The summed E-state index contributed by atoms with van der Waals surface area (Å²) in [5.41, 5.74) is 3.53. The number of fused-ring (bicyclic) bond motifs is 2. The fraction of sp³-hybridized carbons (Fsp3) is 0.350. The minimum Gasteiger partial charge on any atom is -0.357 e. The van der Waals surface area contributed by atoms with Gasteiger partial charge in [0.25, 0.3) is 0 Å². The van der Waals surface area contributed by atoms with Crippen LogP contribution in [0.1, 0.15) is 42.6 Å². The van der Waals surface area contributed by atoms with Gasteiger partial charge in [-0.2, -0.15) is 0 Å². The predicted octanol–water partition coefficient (Wildman–Crippen LogP) is 3.64. The van der Waals surface area contributed by atoms with Crippen molar-refractivity contribution in [2.45, 2.75) is 31.5 Å². The smallest absolute Gasteiger partial charge is 0.219 e. The summed E-state index contributed by atoms with van der Waals surface area (Å²) in [5.74, 6) is 0.158. The van der Waals surface area contributed by atoms with Crippen molar-refractivity contribution >= 4 is 5.91 Å². The maximum absolute atomic E-state index is 11.6. The van der Waals surface area contributed by atoms with Crippen LogP contribution < -0.4 is 0 Å². The second kappa shape index (κ2) is 5.50. The van der Waals surface area contributed by atoms with Gasteiger partial charge in [0.1, 0.15) is 6.10 Å². The highest BCUT2D eigenvalue weighted by Gasteiger charge is 2.47. The summed E-state index contributed by atoms with van der Waals surface area (Å²) in [6.45, 7) is 3.19. The van der Waals surface area contributed by atoms with Crippen molar-refractivity contribution in [3.8, 4) is 0 Å². The molecule has 1 spiro atoms. The number of hydrogen-bond donors (Lipinski definition) is 0. The third-order valence-electron chi connectivity index (χ3n) is 5.20. The number of nitrogens with zero attached hydrogens (tertiary/aromatic N) is 1. The molecule has 1 fully saturated rings. The highest BCUT2D eigenvalue weighted by Crippen LogP contribution is 2.51. The second-order valence-corrected chi connectivity index (χ2v) is 6.50. The Hall–Kier alpha value is -2.13. The molecule has 0 unspecified atom stereocenters. The van der Waals surface area contributed by atoms with Gasteiger partial charge in [-0.15, -0.1) is 0 Å². The summed E-state index contributed by atoms with van der Waals surface area (Å²) in [5, 5.41) is 0. The zero-order valence-corrected chi connectivity index (χ0v) is 13.4. The lowest BCUT2D eigenvalue weighted by Crippen LogP contribution is -2.44. The van der Waals surface area contributed by atoms with E-state index in [1.165, 1.54) is 16.7 Å². The van der Waals surface area contributed by atoms with E-state index in [4.69, 9.17) is 4.74 Å². The number of carbonyl (C=O) groups excluding carboxylic acids is 1. The molecule has 2 heterocycles. The zero-order valence-electron chi connectivity index (χ0n) is 13.4. The van der Waals surface area contributed by atoms with Crippen LogP contribution in [-0.4, -0.2) is 23.9 Å². The Morgan fingerprint density at radius 3 is 2.39 bits per heavy atom. The number of amides is 1. The molecule has 0 aliphatic carbocycles. The van der Waals surface area contributed by atoms with E-state index in [0.29, 0.717) is 0 Å². The van der Waals surface area contributed by atoms with Gasteiger partial charge >= 0.3 is 0 Å². The fourth-order valence-corrected chi connectivity index (χ4v) is 3.94. The van der Waals surface area contributed by atoms with Crippen molar-refractivity contribution in [2.24, 2.45) is 0 Å². The molecule has 3 heteroatoms. The fourth-order valence-electron chi connectivity index (χ4n) is 3.94. The van der Waals surface area contributed by atoms with Crippen LogP contribution in [0.15, 0.2) is 54.6 Å². The van der Waals surface area contributed by atoms with Gasteiger partial charge in [-0.05, 0) is 29.5 Å². The van der Waals surface area contributed by atoms with Gasteiger partial charge in [0, 0.05) is 20.0 Å². The summed E-state index contributed by atoms with van der Waals surface area (Å²) in [6, 6.07) is 19.0. The molecule has 0 saturated carbocycles. The van der Waals surface area contributed by atoms with Crippen LogP contribution in [-0.2, 0) is 15.1 Å². The van der Waals surface area contributed by atoms with Crippen molar-refractivity contribution in [2.75, 3.05) is 13.1 Å². The monoisotopic (exact) mass is 307 g/mol. The van der Waals surface area contributed by atoms with Crippen molar-refractivity contribution < 1.29 is 9.53 Å². The van der Waals surface area contributed by atoms with E-state index in [9.17, 15) is 4.79 Å². The molecule has 2 aliphatic rings. The minimum atomic E-state index is -0.247. The van der Waals surface area contributed by atoms with Crippen LogP contribution in [0.25, 0.3) is 0 Å². The third kappa shape index (κ3) is 2.36. The number of benzene rings is 2. The van der Waals surface area contributed by atoms with Crippen LogP contribution in [0.2, 0.25) is 0 Å². The van der Waals surface area contributed by atoms with E-state index < -0.39 is 0 Å². The molecule has 0 aromatic heterocycles. The van der Waals surface area contributed by atoms with Crippen molar-refractivity contribution in [3.63, 3.8) is 0 Å². The van der Waals surface area contributed by atoms with E-state index in [1.54, 1.807) is 6.92 Å². The van der Waals surface area contributed by atoms with Gasteiger partial charge < -0.3 is 9.64 Å². The Bertz CT molecular complexity index is 717. The second-order valence-electron chi connectivity index (χ2n) is 6.50. The molecular weight excluding hydrogens is 286 g/mol. The Morgan fingerprint density at radius 1 is 1.04 bits per heavy atom. The SMILES string of the molecule is CC(=O)N1CCC2(CC1)O[C@@H](c1ccccc1)c1ccccc12. The first kappa shape index (κ1) is 14.5. The van der Waals surface area contributed by atoms with Crippen LogP contribution in [0.5, 0.6) is 0 Å². The van der Waals surface area contributed by atoms with Gasteiger partial charge in [0.05, 0.1) is 5.60 Å². The summed E-state index contributed by atoms with van der Waals surface area (Å²) in [4.78, 5) is 13.5. The minimum absolute atomic E-state index is 0.00345. The lowest BCUT2D eigenvalue weighted by Gasteiger charge is -2.39. The van der Waals surface area contributed by atoms with Gasteiger partial charge in [-0.1, -0.05) is 54.6 Å². The van der Waals surface area contributed by atoms with Crippen LogP contribution in [0, 0.1) is 0 Å². The Labute approximate surface area is 136 Å². The number of likely N-dealkylation sites (tertiary alicyclic amines) is 1. The first-order valence-corrected chi connectivity index (χ1v) is 8.27. The molecule has 118 valence electrons. The molecular formula is C20H21NO2. The Morgan fingerprint density at radius 2 is 1.70 bits per heavy atom. The number of piperidine rings is 1. The number of rotatable bonds is 1. The summed E-state index contributed by atoms with van der Waals surface area (Å²) in [6.07, 6.45) is 1.73. The Kier molecular flexibility index (Phi) is 3.46. The first-order chi connectivity index (χ1) is 11.2. The first-order valence-electron chi connectivity index (χ1n) is 8.27. The zero-order chi connectivity index (χ0) is 15.9. The van der Waals surface area contributed by atoms with E-state index in [1.807, 2.05) is 11.0 Å². The molecule has 4 rings (SSSR count). The average Bonchev–Trinajstić information content (AvgIpc) is 2.91. The van der Waals surface area contributed by atoms with E-state index in [-0.39, 0.29) is 17.6 Å². The van der Waals surface area contributed by atoms with Gasteiger partial charge in [-0.25, -0.2) is 0 Å². The molecule has 3 nitrogen and oxygen atoms in total. The topological polar surface area (TPSA) is 29.5 Å². The predicted molar refractivity (Wildman–Crippen MR) is 89.0 cm³/mol. The third-order valence-corrected chi connectivity index (χ3v) is 5.20. The van der Waals surface area contributed by atoms with E-state index in [0.717, 1.165) is 25.9 Å². The highest BCUT2D eigenvalue weighted by molar-refractivity contribution is 5.73. The normalized spacial score (nSPS) is 22.1. The van der Waals surface area contributed by atoms with Crippen LogP contribution in [0.3, 0.4) is 0 Å². The molecule has 2 aromatic carbocycles. The van der Waals surface area contributed by atoms with Crippen LogP contribution >= 0.6 is 0 Å². The molecule has 0 N–H and O–H groups in total. The van der Waals surface area contributed by atoms with E-state index >= 15 is 0 Å². The van der Waals surface area contributed by atoms with Gasteiger partial charge in [0.2, 0.25) is 5.91 Å². The number of carbonyl (C=O) groups is 1. The molecule has 0 radical (unpaired) electrons. The Balaban J connectivity index is 1.70. The quantitative estimate of drug-likeness (QED) is 0.805. The molecule has 1 amide bonds. The molecule has 0 bridgehead atoms. The summed E-state index contributed by atoms with van der Waals surface area (Å²) >= 11 is 0. The average molecular weight is 307 g/mol. The van der Waals surface area contributed by atoms with Crippen molar-refractivity contribution in [1.29, 1.82) is 0 Å². The van der Waals surface area contributed by atoms with Crippen molar-refractivity contribution in [1.82, 2.24) is 4.90 Å². The van der Waals surface area contributed by atoms with Gasteiger partial charge in [0.15, 0.2) is 0 Å². The molecule has 1 saturated heterocycles. The van der Waals surface area contributed by atoms with Crippen molar-refractivity contribution in [3.05, 3.63) is 71.3 Å². The molecule has 2 aromatic rings. The maximum Gasteiger partial charge on any atom is 0.219 e. The molecule has 23 heavy (non-hydrogen) atoms. The summed E-state index contributed by atoms with van der Waals surface area (Å²) < 4.78 is 6.64.